The molecule has 0 spiro atoms. The van der Waals surface area contributed by atoms with Crippen molar-refractivity contribution in [3.8, 4) is 0 Å². The summed E-state index contributed by atoms with van der Waals surface area (Å²) in [6, 6.07) is 6.78. The van der Waals surface area contributed by atoms with Gasteiger partial charge in [-0.2, -0.15) is 0 Å². The largest absolute Gasteiger partial charge is 0.348 e. The van der Waals surface area contributed by atoms with E-state index in [4.69, 9.17) is 4.99 Å². The second-order valence-corrected chi connectivity index (χ2v) is 6.98. The highest BCUT2D eigenvalue weighted by molar-refractivity contribution is 6.04. The number of benzene rings is 1. The third-order valence-corrected chi connectivity index (χ3v) is 4.10. The zero-order valence-corrected chi connectivity index (χ0v) is 14.5. The van der Waals surface area contributed by atoms with Crippen LogP contribution in [0.4, 0.5) is 0 Å². The Morgan fingerprint density at radius 3 is 2.43 bits per heavy atom. The highest BCUT2D eigenvalue weighted by Gasteiger charge is 2.14. The van der Waals surface area contributed by atoms with Crippen LogP contribution >= 0.6 is 0 Å². The fraction of sp³-hybridized carbons (Fsp3) is 0.526. The summed E-state index contributed by atoms with van der Waals surface area (Å²) >= 11 is 0. The van der Waals surface area contributed by atoms with Gasteiger partial charge in [0.05, 0.1) is 5.54 Å². The first kappa shape index (κ1) is 15.8. The first-order valence-corrected chi connectivity index (χ1v) is 7.89. The van der Waals surface area contributed by atoms with E-state index in [1.165, 1.54) is 33.4 Å². The fourth-order valence-electron chi connectivity index (χ4n) is 2.84. The first-order chi connectivity index (χ1) is 9.74. The van der Waals surface area contributed by atoms with E-state index in [0.717, 1.165) is 12.8 Å². The van der Waals surface area contributed by atoms with Gasteiger partial charge in [-0.3, -0.25) is 4.99 Å². The molecule has 2 nitrogen and oxygen atoms in total. The molecule has 0 aliphatic rings. The minimum atomic E-state index is -0.0267. The van der Waals surface area contributed by atoms with Gasteiger partial charge in [-0.05, 0) is 64.3 Å². The number of nitrogens with zero attached hydrogens (tertiary/aromatic N) is 2. The molecule has 0 atom stereocenters. The smallest absolute Gasteiger partial charge is 0.0527 e. The summed E-state index contributed by atoms with van der Waals surface area (Å²) in [6.45, 7) is 13.1. The maximum Gasteiger partial charge on any atom is 0.0527 e. The molecule has 0 aliphatic carbocycles. The second kappa shape index (κ2) is 5.67. The highest BCUT2D eigenvalue weighted by atomic mass is 14.9. The molecule has 0 saturated heterocycles. The Morgan fingerprint density at radius 1 is 1.19 bits per heavy atom. The third kappa shape index (κ3) is 3.20. The van der Waals surface area contributed by atoms with Crippen LogP contribution in [0.2, 0.25) is 0 Å². The number of fused-ring (bicyclic) bond motifs is 1. The van der Waals surface area contributed by atoms with Gasteiger partial charge in [-0.15, -0.1) is 0 Å². The minimum Gasteiger partial charge on any atom is -0.348 e. The fourth-order valence-corrected chi connectivity index (χ4v) is 2.84. The van der Waals surface area contributed by atoms with Gasteiger partial charge in [0.2, 0.25) is 0 Å². The molecule has 0 bridgehead atoms. The predicted octanol–water partition coefficient (Wildman–Crippen LogP) is 5.18. The van der Waals surface area contributed by atoms with E-state index in [2.05, 4.69) is 71.4 Å². The average Bonchev–Trinajstić information content (AvgIpc) is 2.62. The molecule has 114 valence electrons. The standard InChI is InChI=1S/C19H28N2/c1-8-9-17(20-19(4,5)6)15-10-11-18-16(12-15)13(2)14(3)21(18)7/h10-12H,8-9H2,1-7H3. The number of aromatic nitrogens is 1. The molecule has 2 rings (SSSR count). The second-order valence-electron chi connectivity index (χ2n) is 6.98. The lowest BCUT2D eigenvalue weighted by Crippen LogP contribution is -2.15. The third-order valence-electron chi connectivity index (χ3n) is 4.10. The van der Waals surface area contributed by atoms with E-state index in [0.29, 0.717) is 0 Å². The van der Waals surface area contributed by atoms with Crippen LogP contribution in [-0.2, 0) is 7.05 Å². The summed E-state index contributed by atoms with van der Waals surface area (Å²) in [7, 11) is 2.14. The number of rotatable bonds is 3. The van der Waals surface area contributed by atoms with Crippen molar-refractivity contribution in [1.82, 2.24) is 4.57 Å². The van der Waals surface area contributed by atoms with E-state index in [1.54, 1.807) is 0 Å². The summed E-state index contributed by atoms with van der Waals surface area (Å²) in [5, 5.41) is 1.35. The van der Waals surface area contributed by atoms with Gasteiger partial charge in [0, 0.05) is 29.4 Å². The Kier molecular flexibility index (Phi) is 4.27. The predicted molar refractivity (Wildman–Crippen MR) is 93.6 cm³/mol. The van der Waals surface area contributed by atoms with Gasteiger partial charge >= 0.3 is 0 Å². The molecular formula is C19H28N2. The number of hydrogen-bond donors (Lipinski definition) is 0. The van der Waals surface area contributed by atoms with Crippen molar-refractivity contribution < 1.29 is 0 Å². The Bertz CT molecular complexity index is 682. The van der Waals surface area contributed by atoms with Crippen LogP contribution in [0.15, 0.2) is 23.2 Å². The monoisotopic (exact) mass is 284 g/mol. The summed E-state index contributed by atoms with van der Waals surface area (Å²) in [5.41, 5.74) is 6.50. The molecule has 0 N–H and O–H groups in total. The van der Waals surface area contributed by atoms with E-state index < -0.39 is 0 Å². The Balaban J connectivity index is 2.60. The molecular weight excluding hydrogens is 256 g/mol. The maximum absolute atomic E-state index is 4.94. The van der Waals surface area contributed by atoms with Gasteiger partial charge < -0.3 is 4.57 Å². The summed E-state index contributed by atoms with van der Waals surface area (Å²) < 4.78 is 2.27. The van der Waals surface area contributed by atoms with Crippen LogP contribution in [0.3, 0.4) is 0 Å². The lowest BCUT2D eigenvalue weighted by Gasteiger charge is -2.16. The van der Waals surface area contributed by atoms with E-state index in [-0.39, 0.29) is 5.54 Å². The van der Waals surface area contributed by atoms with Gasteiger partial charge in [-0.1, -0.05) is 19.4 Å². The molecule has 2 aromatic rings. The molecule has 1 aromatic heterocycles. The Hall–Kier alpha value is -1.57. The lowest BCUT2D eigenvalue weighted by atomic mass is 10.0. The van der Waals surface area contributed by atoms with Crippen molar-refractivity contribution >= 4 is 16.6 Å². The molecule has 21 heavy (non-hydrogen) atoms. The molecule has 1 aromatic carbocycles. The Labute approximate surface area is 128 Å². The molecule has 0 saturated carbocycles. The summed E-state index contributed by atoms with van der Waals surface area (Å²) in [5.74, 6) is 0. The zero-order chi connectivity index (χ0) is 15.8. The van der Waals surface area contributed by atoms with Crippen LogP contribution in [0.25, 0.3) is 10.9 Å². The van der Waals surface area contributed by atoms with Crippen LogP contribution < -0.4 is 0 Å². The molecule has 2 heteroatoms. The van der Waals surface area contributed by atoms with Crippen molar-refractivity contribution in [1.29, 1.82) is 0 Å². The van der Waals surface area contributed by atoms with Crippen LogP contribution in [0, 0.1) is 13.8 Å². The van der Waals surface area contributed by atoms with Crippen molar-refractivity contribution in [2.45, 2.75) is 59.9 Å². The molecule has 0 unspecified atom stereocenters. The van der Waals surface area contributed by atoms with Crippen molar-refractivity contribution in [2.75, 3.05) is 0 Å². The summed E-state index contributed by atoms with van der Waals surface area (Å²) in [4.78, 5) is 4.94. The maximum atomic E-state index is 4.94. The molecule has 0 fully saturated rings. The van der Waals surface area contributed by atoms with Crippen LogP contribution in [-0.4, -0.2) is 15.8 Å². The van der Waals surface area contributed by atoms with E-state index >= 15 is 0 Å². The topological polar surface area (TPSA) is 17.3 Å². The lowest BCUT2D eigenvalue weighted by molar-refractivity contribution is 0.581. The van der Waals surface area contributed by atoms with Gasteiger partial charge in [-0.25, -0.2) is 0 Å². The molecule has 0 aliphatic heterocycles. The highest BCUT2D eigenvalue weighted by Crippen LogP contribution is 2.26. The van der Waals surface area contributed by atoms with Gasteiger partial charge in [0.1, 0.15) is 0 Å². The molecule has 0 radical (unpaired) electrons. The zero-order valence-electron chi connectivity index (χ0n) is 14.5. The normalized spacial score (nSPS) is 13.2. The van der Waals surface area contributed by atoms with E-state index in [9.17, 15) is 0 Å². The number of hydrogen-bond acceptors (Lipinski definition) is 1. The van der Waals surface area contributed by atoms with Gasteiger partial charge in [0.25, 0.3) is 0 Å². The van der Waals surface area contributed by atoms with E-state index in [1.807, 2.05) is 0 Å². The van der Waals surface area contributed by atoms with Crippen molar-refractivity contribution in [3.63, 3.8) is 0 Å². The van der Waals surface area contributed by atoms with Crippen LogP contribution in [0.1, 0.15) is 57.4 Å². The van der Waals surface area contributed by atoms with Crippen molar-refractivity contribution in [3.05, 3.63) is 35.0 Å². The Morgan fingerprint density at radius 2 is 1.86 bits per heavy atom. The summed E-state index contributed by atoms with van der Waals surface area (Å²) in [6.07, 6.45) is 2.16. The SMILES string of the molecule is CCCC(=NC(C)(C)C)c1ccc2c(c1)c(C)c(C)n2C. The molecule has 1 heterocycles. The quantitative estimate of drug-likeness (QED) is 0.691. The molecule has 0 amide bonds. The number of aryl methyl sites for hydroxylation is 2. The first-order valence-electron chi connectivity index (χ1n) is 7.89. The van der Waals surface area contributed by atoms with Crippen LogP contribution in [0.5, 0.6) is 0 Å². The van der Waals surface area contributed by atoms with Gasteiger partial charge in [0.15, 0.2) is 0 Å². The average molecular weight is 284 g/mol. The minimum absolute atomic E-state index is 0.0267. The number of aliphatic imine (C=N–C) groups is 1. The van der Waals surface area contributed by atoms with Crippen molar-refractivity contribution in [2.24, 2.45) is 12.0 Å².